The van der Waals surface area contributed by atoms with Crippen LogP contribution in [-0.2, 0) is 5.54 Å². The average molecular weight is 664 g/mol. The molecule has 1 unspecified atom stereocenters. The second-order valence-electron chi connectivity index (χ2n) is 12.0. The Morgan fingerprint density at radius 3 is 1.58 bits per heavy atom. The predicted octanol–water partition coefficient (Wildman–Crippen LogP) is 9.21. The third-order valence-corrected chi connectivity index (χ3v) is 8.97. The fourth-order valence-electron chi connectivity index (χ4n) is 6.91. The zero-order chi connectivity index (χ0) is 29.1. The summed E-state index contributed by atoms with van der Waals surface area (Å²) < 4.78 is 0. The van der Waals surface area contributed by atoms with Crippen LogP contribution in [0.1, 0.15) is 47.7 Å². The number of hydrogen-bond acceptors (Lipinski definition) is 3. The van der Waals surface area contributed by atoms with E-state index in [9.17, 15) is 0 Å². The highest BCUT2D eigenvalue weighted by Gasteiger charge is 2.52. The summed E-state index contributed by atoms with van der Waals surface area (Å²) in [5.41, 5.74) is 9.19. The van der Waals surface area contributed by atoms with Gasteiger partial charge >= 0.3 is 0 Å². The number of halogens is 3. The van der Waals surface area contributed by atoms with Crippen molar-refractivity contribution in [1.29, 1.82) is 0 Å². The van der Waals surface area contributed by atoms with Crippen molar-refractivity contribution in [3.8, 4) is 22.6 Å². The minimum absolute atomic E-state index is 0. The predicted molar refractivity (Wildman–Crippen MR) is 196 cm³/mol. The van der Waals surface area contributed by atoms with Crippen LogP contribution in [0.25, 0.3) is 22.6 Å². The monoisotopic (exact) mass is 662 g/mol. The molecule has 4 aromatic carbocycles. The molecular formula is C38H45Cl3N4. The fourth-order valence-corrected chi connectivity index (χ4v) is 6.91. The van der Waals surface area contributed by atoms with Gasteiger partial charge in [-0.25, -0.2) is 4.98 Å². The molecule has 1 aliphatic rings. The van der Waals surface area contributed by atoms with Gasteiger partial charge in [-0.2, -0.15) is 0 Å². The molecule has 238 valence electrons. The molecule has 2 N–H and O–H groups in total. The zero-order valence-corrected chi connectivity index (χ0v) is 28.9. The van der Waals surface area contributed by atoms with Crippen molar-refractivity contribution in [2.45, 2.75) is 39.2 Å². The van der Waals surface area contributed by atoms with Gasteiger partial charge < -0.3 is 10.3 Å². The molecule has 1 atom stereocenters. The van der Waals surface area contributed by atoms with E-state index in [-0.39, 0.29) is 49.1 Å². The Kier molecular flexibility index (Phi) is 12.9. The first kappa shape index (κ1) is 36.3. The molecule has 0 saturated carbocycles. The number of nitrogens with zero attached hydrogens (tertiary/aromatic N) is 2. The first-order valence-electron chi connectivity index (χ1n) is 15.3. The Balaban J connectivity index is 0.00000184. The summed E-state index contributed by atoms with van der Waals surface area (Å²) in [5, 5.41) is 3.61. The number of benzene rings is 4. The second-order valence-corrected chi connectivity index (χ2v) is 12.0. The van der Waals surface area contributed by atoms with Crippen molar-refractivity contribution in [2.75, 3.05) is 26.2 Å². The molecule has 0 radical (unpaired) electrons. The number of piperazine rings is 1. The van der Waals surface area contributed by atoms with E-state index in [4.69, 9.17) is 4.98 Å². The van der Waals surface area contributed by atoms with Crippen LogP contribution in [-0.4, -0.2) is 41.0 Å². The van der Waals surface area contributed by atoms with Gasteiger partial charge in [0, 0.05) is 37.7 Å². The van der Waals surface area contributed by atoms with Crippen LogP contribution in [0.15, 0.2) is 109 Å². The topological polar surface area (TPSA) is 44.0 Å². The molecule has 0 amide bonds. The van der Waals surface area contributed by atoms with Gasteiger partial charge in [-0.1, -0.05) is 134 Å². The first-order chi connectivity index (χ1) is 20.5. The molecule has 5 aromatic rings. The van der Waals surface area contributed by atoms with Crippen LogP contribution < -0.4 is 5.32 Å². The lowest BCUT2D eigenvalue weighted by Crippen LogP contribution is -2.60. The van der Waals surface area contributed by atoms with E-state index in [0.717, 1.165) is 49.0 Å². The third-order valence-electron chi connectivity index (χ3n) is 8.97. The Morgan fingerprint density at radius 2 is 1.11 bits per heavy atom. The molecule has 1 aliphatic heterocycles. The van der Waals surface area contributed by atoms with E-state index in [1.54, 1.807) is 0 Å². The van der Waals surface area contributed by atoms with Crippen molar-refractivity contribution in [2.24, 2.45) is 5.92 Å². The molecular weight excluding hydrogens is 619 g/mol. The Hall–Kier alpha value is -3.12. The van der Waals surface area contributed by atoms with Crippen LogP contribution in [0.3, 0.4) is 0 Å². The zero-order valence-electron chi connectivity index (χ0n) is 26.5. The van der Waals surface area contributed by atoms with E-state index in [2.05, 4.69) is 152 Å². The number of aromatic nitrogens is 2. The van der Waals surface area contributed by atoms with E-state index < -0.39 is 5.54 Å². The lowest BCUT2D eigenvalue weighted by atomic mass is 9.65. The number of aromatic amines is 1. The molecule has 1 aromatic heterocycles. The number of rotatable bonds is 8. The van der Waals surface area contributed by atoms with Crippen LogP contribution in [0.5, 0.6) is 0 Å². The summed E-state index contributed by atoms with van der Waals surface area (Å²) in [7, 11) is 0. The van der Waals surface area contributed by atoms with E-state index in [0.29, 0.717) is 0 Å². The Bertz CT molecular complexity index is 1560. The number of nitrogens with one attached hydrogen (secondary N) is 2. The normalized spacial score (nSPS) is 14.6. The number of aryl methyl sites for hydroxylation is 2. The standard InChI is InChI=1S/C38H42N4.3ClH/c1-27(2)38(42-25-23-39-24-26-42,34(30-11-7-5-8-12-30)31-13-9-6-10-14-31)36-35(32-19-15-28(3)16-20-32)40-37(41-36)33-21-17-29(4)18-22-33;;;/h5-22,27,34,39H,23-26H2,1-4H3,(H,40,41);3*1H. The molecule has 0 aliphatic carbocycles. The molecule has 7 heteroatoms. The van der Waals surface area contributed by atoms with Crippen molar-refractivity contribution in [1.82, 2.24) is 20.2 Å². The van der Waals surface area contributed by atoms with Gasteiger partial charge in [-0.05, 0) is 36.5 Å². The molecule has 1 saturated heterocycles. The van der Waals surface area contributed by atoms with Gasteiger partial charge in [0.05, 0.1) is 16.9 Å². The number of imidazole rings is 1. The maximum atomic E-state index is 5.63. The summed E-state index contributed by atoms with van der Waals surface area (Å²) in [4.78, 5) is 12.2. The van der Waals surface area contributed by atoms with Gasteiger partial charge in [0.1, 0.15) is 5.82 Å². The van der Waals surface area contributed by atoms with Gasteiger partial charge in [0.25, 0.3) is 0 Å². The van der Waals surface area contributed by atoms with E-state index in [1.165, 1.54) is 27.8 Å². The molecule has 0 spiro atoms. The summed E-state index contributed by atoms with van der Waals surface area (Å²) in [6.07, 6.45) is 0. The maximum Gasteiger partial charge on any atom is 0.138 e. The highest BCUT2D eigenvalue weighted by molar-refractivity contribution is 5.86. The molecule has 2 heterocycles. The average Bonchev–Trinajstić information content (AvgIpc) is 3.47. The van der Waals surface area contributed by atoms with Crippen molar-refractivity contribution >= 4 is 37.2 Å². The van der Waals surface area contributed by atoms with Crippen molar-refractivity contribution in [3.05, 3.63) is 137 Å². The van der Waals surface area contributed by atoms with Crippen LogP contribution >= 0.6 is 37.2 Å². The Labute approximate surface area is 287 Å². The minimum atomic E-state index is -0.426. The number of H-pyrrole nitrogens is 1. The van der Waals surface area contributed by atoms with Gasteiger partial charge in [-0.15, -0.1) is 37.2 Å². The van der Waals surface area contributed by atoms with Crippen molar-refractivity contribution < 1.29 is 0 Å². The minimum Gasteiger partial charge on any atom is -0.338 e. The van der Waals surface area contributed by atoms with Crippen molar-refractivity contribution in [3.63, 3.8) is 0 Å². The third kappa shape index (κ3) is 7.16. The first-order valence-corrected chi connectivity index (χ1v) is 15.3. The summed E-state index contributed by atoms with van der Waals surface area (Å²) in [6.45, 7) is 12.9. The second kappa shape index (κ2) is 15.9. The largest absolute Gasteiger partial charge is 0.338 e. The van der Waals surface area contributed by atoms with Crippen LogP contribution in [0, 0.1) is 19.8 Å². The Morgan fingerprint density at radius 1 is 0.644 bits per heavy atom. The highest BCUT2D eigenvalue weighted by Crippen LogP contribution is 2.53. The molecule has 45 heavy (non-hydrogen) atoms. The summed E-state index contributed by atoms with van der Waals surface area (Å²) in [5.74, 6) is 1.23. The van der Waals surface area contributed by atoms with Crippen LogP contribution in [0.2, 0.25) is 0 Å². The SMILES string of the molecule is Cc1ccc(-c2nc(C(C(C)C)(C(c3ccccc3)c3ccccc3)N3CCNCC3)c(-c3ccc(C)cc3)[nH]2)cc1.Cl.Cl.Cl. The van der Waals surface area contributed by atoms with Gasteiger partial charge in [-0.3, -0.25) is 4.90 Å². The maximum absolute atomic E-state index is 5.63. The fraction of sp³-hybridized carbons (Fsp3) is 0.289. The molecule has 0 bridgehead atoms. The number of hydrogen-bond donors (Lipinski definition) is 2. The summed E-state index contributed by atoms with van der Waals surface area (Å²) >= 11 is 0. The van der Waals surface area contributed by atoms with E-state index >= 15 is 0 Å². The van der Waals surface area contributed by atoms with Crippen LogP contribution in [0.4, 0.5) is 0 Å². The highest BCUT2D eigenvalue weighted by atomic mass is 35.5. The lowest BCUT2D eigenvalue weighted by molar-refractivity contribution is 0.0119. The quantitative estimate of drug-likeness (QED) is 0.174. The summed E-state index contributed by atoms with van der Waals surface area (Å²) in [6, 6.07) is 39.8. The molecule has 6 rings (SSSR count). The molecule has 1 fully saturated rings. The van der Waals surface area contributed by atoms with Gasteiger partial charge in [0.2, 0.25) is 0 Å². The van der Waals surface area contributed by atoms with E-state index in [1.807, 2.05) is 0 Å². The lowest BCUT2D eigenvalue weighted by Gasteiger charge is -2.53. The van der Waals surface area contributed by atoms with Gasteiger partial charge in [0.15, 0.2) is 0 Å². The molecule has 4 nitrogen and oxygen atoms in total. The smallest absolute Gasteiger partial charge is 0.138 e.